The van der Waals surface area contributed by atoms with Gasteiger partial charge in [0.2, 0.25) is 0 Å². The summed E-state index contributed by atoms with van der Waals surface area (Å²) in [5.41, 5.74) is 5.57. The number of carbonyl (C=O) groups excluding carboxylic acids is 1. The molecule has 6 nitrogen and oxygen atoms in total. The molecule has 162 valence electrons. The molecule has 1 aliphatic rings. The van der Waals surface area contributed by atoms with Crippen LogP contribution in [0.5, 0.6) is 0 Å². The zero-order chi connectivity index (χ0) is 22.8. The number of thiocarbonyl (C=S) groups is 1. The Morgan fingerprint density at radius 2 is 1.82 bits per heavy atom. The van der Waals surface area contributed by atoms with Crippen molar-refractivity contribution in [3.8, 4) is 16.9 Å². The van der Waals surface area contributed by atoms with Gasteiger partial charge in [0.25, 0.3) is 5.91 Å². The van der Waals surface area contributed by atoms with Gasteiger partial charge < -0.3 is 5.32 Å². The van der Waals surface area contributed by atoms with Crippen molar-refractivity contribution in [3.63, 3.8) is 0 Å². The van der Waals surface area contributed by atoms with Crippen LogP contribution in [0.3, 0.4) is 0 Å². The van der Waals surface area contributed by atoms with Crippen LogP contribution >= 0.6 is 12.2 Å². The maximum Gasteiger partial charge on any atom is 0.281 e. The van der Waals surface area contributed by atoms with E-state index in [2.05, 4.69) is 17.2 Å². The number of benzene rings is 2. The highest BCUT2D eigenvalue weighted by molar-refractivity contribution is 7.80. The molecule has 5 rings (SSSR count). The van der Waals surface area contributed by atoms with Crippen LogP contribution in [-0.4, -0.2) is 25.8 Å². The molecule has 0 aliphatic carbocycles. The predicted octanol–water partition coefficient (Wildman–Crippen LogP) is 4.76. The van der Waals surface area contributed by atoms with Crippen molar-refractivity contribution in [3.05, 3.63) is 102 Å². The Hall–Kier alpha value is -4.10. The molecule has 1 N–H and O–H groups in total. The van der Waals surface area contributed by atoms with E-state index in [9.17, 15) is 4.79 Å². The average molecular weight is 452 g/mol. The van der Waals surface area contributed by atoms with Crippen molar-refractivity contribution in [2.75, 3.05) is 4.90 Å². The number of aryl methyl sites for hydroxylation is 1. The molecule has 0 radical (unpaired) electrons. The van der Waals surface area contributed by atoms with E-state index in [0.717, 1.165) is 40.2 Å². The number of para-hydroxylation sites is 2. The third kappa shape index (κ3) is 3.94. The summed E-state index contributed by atoms with van der Waals surface area (Å²) in [6, 6.07) is 21.5. The highest BCUT2D eigenvalue weighted by Crippen LogP contribution is 2.29. The number of amides is 1. The highest BCUT2D eigenvalue weighted by atomic mass is 32.1. The molecule has 33 heavy (non-hydrogen) atoms. The summed E-state index contributed by atoms with van der Waals surface area (Å²) in [5, 5.41) is 8.25. The number of nitrogens with one attached hydrogen (secondary N) is 1. The molecule has 0 bridgehead atoms. The van der Waals surface area contributed by atoms with Gasteiger partial charge in [-0.15, -0.1) is 0 Å². The molecule has 1 amide bonds. The van der Waals surface area contributed by atoms with Crippen molar-refractivity contribution >= 4 is 35.0 Å². The van der Waals surface area contributed by atoms with Gasteiger partial charge in [-0.1, -0.05) is 43.3 Å². The van der Waals surface area contributed by atoms with Gasteiger partial charge in [0.05, 0.1) is 11.4 Å². The second-order valence-corrected chi connectivity index (χ2v) is 7.95. The summed E-state index contributed by atoms with van der Waals surface area (Å²) in [5.74, 6) is -0.189. The Labute approximate surface area is 197 Å². The number of carbonyl (C=O) groups is 1. The summed E-state index contributed by atoms with van der Waals surface area (Å²) < 4.78 is 1.80. The van der Waals surface area contributed by atoms with E-state index < -0.39 is 0 Å². The van der Waals surface area contributed by atoms with Crippen LogP contribution in [0.15, 0.2) is 91.0 Å². The molecule has 7 heteroatoms. The van der Waals surface area contributed by atoms with E-state index in [4.69, 9.17) is 17.3 Å². The molecule has 1 aliphatic heterocycles. The number of pyridine rings is 1. The first-order chi connectivity index (χ1) is 16.2. The summed E-state index contributed by atoms with van der Waals surface area (Å²) in [6.45, 7) is 2.06. The van der Waals surface area contributed by atoms with Crippen LogP contribution in [0.1, 0.15) is 18.1 Å². The van der Waals surface area contributed by atoms with Crippen molar-refractivity contribution in [1.29, 1.82) is 0 Å². The average Bonchev–Trinajstić information content (AvgIpc) is 3.40. The fourth-order valence-electron chi connectivity index (χ4n) is 3.87. The molecule has 1 fully saturated rings. The first kappa shape index (κ1) is 20.8. The Bertz CT molecular complexity index is 1360. The van der Waals surface area contributed by atoms with Gasteiger partial charge in [-0.05, 0) is 60.6 Å². The molecule has 2 aromatic carbocycles. The third-order valence-electron chi connectivity index (χ3n) is 5.49. The highest BCUT2D eigenvalue weighted by Gasteiger charge is 2.33. The molecular weight excluding hydrogens is 430 g/mol. The van der Waals surface area contributed by atoms with Crippen LogP contribution in [0, 0.1) is 0 Å². The molecule has 0 atom stereocenters. The van der Waals surface area contributed by atoms with Crippen molar-refractivity contribution < 1.29 is 4.79 Å². The molecule has 1 saturated heterocycles. The van der Waals surface area contributed by atoms with E-state index >= 15 is 0 Å². The smallest absolute Gasteiger partial charge is 0.281 e. The molecular formula is C26H21N5OS. The summed E-state index contributed by atoms with van der Waals surface area (Å²) in [6.07, 6.45) is 8.00. The molecule has 0 saturated carbocycles. The first-order valence-corrected chi connectivity index (χ1v) is 11.1. The Balaban J connectivity index is 1.58. The molecule has 3 heterocycles. The van der Waals surface area contributed by atoms with E-state index in [0.29, 0.717) is 10.8 Å². The minimum absolute atomic E-state index is 0.189. The van der Waals surface area contributed by atoms with E-state index in [-0.39, 0.29) is 5.91 Å². The number of hydrogen-bond acceptors (Lipinski definition) is 4. The normalized spacial score (nSPS) is 14.7. The SMILES string of the molecule is CCc1ccccc1N1C(=O)/C(=C\c2cn(-c3ccccc3)nc2-c2cccnc2)NC1=S. The number of hydrogen-bond donors (Lipinski definition) is 1. The van der Waals surface area contributed by atoms with Gasteiger partial charge in [0, 0.05) is 29.7 Å². The minimum Gasteiger partial charge on any atom is -0.327 e. The number of rotatable bonds is 5. The van der Waals surface area contributed by atoms with E-state index in [1.54, 1.807) is 28.1 Å². The summed E-state index contributed by atoms with van der Waals surface area (Å²) >= 11 is 5.53. The van der Waals surface area contributed by atoms with Gasteiger partial charge in [-0.3, -0.25) is 14.7 Å². The fraction of sp³-hybridized carbons (Fsp3) is 0.0769. The quantitative estimate of drug-likeness (QED) is 0.350. The number of anilines is 1. The van der Waals surface area contributed by atoms with Gasteiger partial charge in [-0.25, -0.2) is 4.68 Å². The predicted molar refractivity (Wildman–Crippen MR) is 134 cm³/mol. The lowest BCUT2D eigenvalue weighted by molar-refractivity contribution is -0.113. The molecule has 4 aromatic rings. The fourth-order valence-corrected chi connectivity index (χ4v) is 4.16. The standard InChI is InChI=1S/C26H21N5OS/c1-2-18-9-6-7-13-23(18)31-25(32)22(28-26(31)33)15-20-17-30(21-11-4-3-5-12-21)29-24(20)19-10-8-14-27-16-19/h3-17H,2H2,1H3,(H,28,33)/b22-15+. The van der Waals surface area contributed by atoms with Crippen LogP contribution in [0.25, 0.3) is 23.0 Å². The van der Waals surface area contributed by atoms with Gasteiger partial charge in [0.1, 0.15) is 11.4 Å². The number of aromatic nitrogens is 3. The Morgan fingerprint density at radius 3 is 2.58 bits per heavy atom. The van der Waals surface area contributed by atoms with Crippen molar-refractivity contribution in [1.82, 2.24) is 20.1 Å². The lowest BCUT2D eigenvalue weighted by Gasteiger charge is -2.17. The summed E-state index contributed by atoms with van der Waals surface area (Å²) in [4.78, 5) is 19.2. The first-order valence-electron chi connectivity index (χ1n) is 10.7. The molecule has 0 unspecified atom stereocenters. The second kappa shape index (κ2) is 8.80. The van der Waals surface area contributed by atoms with Crippen LogP contribution in [0.2, 0.25) is 0 Å². The summed E-state index contributed by atoms with van der Waals surface area (Å²) in [7, 11) is 0. The molecule has 0 spiro atoms. The van der Waals surface area contributed by atoms with Gasteiger partial charge in [0.15, 0.2) is 5.11 Å². The second-order valence-electron chi connectivity index (χ2n) is 7.57. The van der Waals surface area contributed by atoms with Crippen LogP contribution in [-0.2, 0) is 11.2 Å². The Kier molecular flexibility index (Phi) is 5.54. The maximum absolute atomic E-state index is 13.4. The van der Waals surface area contributed by atoms with Crippen LogP contribution in [0.4, 0.5) is 5.69 Å². The molecule has 2 aromatic heterocycles. The minimum atomic E-state index is -0.189. The lowest BCUT2D eigenvalue weighted by atomic mass is 10.1. The largest absolute Gasteiger partial charge is 0.327 e. The zero-order valence-electron chi connectivity index (χ0n) is 18.0. The van der Waals surface area contributed by atoms with Gasteiger partial charge in [-0.2, -0.15) is 5.10 Å². The number of nitrogens with zero attached hydrogens (tertiary/aromatic N) is 4. The van der Waals surface area contributed by atoms with Crippen molar-refractivity contribution in [2.24, 2.45) is 0 Å². The Morgan fingerprint density at radius 1 is 1.03 bits per heavy atom. The van der Waals surface area contributed by atoms with E-state index in [1.807, 2.05) is 72.9 Å². The van der Waals surface area contributed by atoms with Crippen LogP contribution < -0.4 is 10.2 Å². The van der Waals surface area contributed by atoms with Gasteiger partial charge >= 0.3 is 0 Å². The van der Waals surface area contributed by atoms with Crippen molar-refractivity contribution in [2.45, 2.75) is 13.3 Å². The monoisotopic (exact) mass is 451 g/mol. The zero-order valence-corrected chi connectivity index (χ0v) is 18.8. The third-order valence-corrected chi connectivity index (χ3v) is 5.77. The van der Waals surface area contributed by atoms with E-state index in [1.165, 1.54) is 0 Å². The lowest BCUT2D eigenvalue weighted by Crippen LogP contribution is -2.31. The topological polar surface area (TPSA) is 63.1 Å². The maximum atomic E-state index is 13.4.